The molecule has 0 atom stereocenters. The average Bonchev–Trinajstić information content (AvgIpc) is 3.07. The van der Waals surface area contributed by atoms with Gasteiger partial charge in [-0.1, -0.05) is 11.2 Å². The maximum Gasteiger partial charge on any atom is 0.273 e. The highest BCUT2D eigenvalue weighted by atomic mass is 19.1. The summed E-state index contributed by atoms with van der Waals surface area (Å²) in [4.78, 5) is 30.1. The van der Waals surface area contributed by atoms with Crippen molar-refractivity contribution in [3.05, 3.63) is 53.8 Å². The number of nitrogens with two attached hydrogens (primary N) is 1. The van der Waals surface area contributed by atoms with E-state index in [1.165, 1.54) is 6.07 Å². The van der Waals surface area contributed by atoms with E-state index in [-0.39, 0.29) is 22.8 Å². The molecule has 1 heterocycles. The second kappa shape index (κ2) is 6.95. The summed E-state index contributed by atoms with van der Waals surface area (Å²) in [5, 5.41) is 9.34. The van der Waals surface area contributed by atoms with Crippen molar-refractivity contribution in [2.45, 2.75) is 31.3 Å². The van der Waals surface area contributed by atoms with Crippen LogP contribution in [0, 0.1) is 5.82 Å². The van der Waals surface area contributed by atoms with Crippen LogP contribution in [0.25, 0.3) is 0 Å². The van der Waals surface area contributed by atoms with E-state index in [1.807, 2.05) is 0 Å². The van der Waals surface area contributed by atoms with Gasteiger partial charge in [0.05, 0.1) is 0 Å². The van der Waals surface area contributed by atoms with Gasteiger partial charge in [-0.25, -0.2) is 4.39 Å². The first-order chi connectivity index (χ1) is 13.4. The van der Waals surface area contributed by atoms with Gasteiger partial charge in [0.15, 0.2) is 0 Å². The summed E-state index contributed by atoms with van der Waals surface area (Å²) in [6, 6.07) is 10.3. The molecule has 4 rings (SSSR count). The molecule has 7 nitrogen and oxygen atoms in total. The number of oxime groups is 1. The zero-order chi connectivity index (χ0) is 19.7. The summed E-state index contributed by atoms with van der Waals surface area (Å²) in [6.07, 6.45) is 3.43. The number of hydrogen-bond donors (Lipinski definition) is 3. The number of carbonyl (C=O) groups is 2. The van der Waals surface area contributed by atoms with Crippen LogP contribution in [0.1, 0.15) is 36.0 Å². The molecule has 1 spiro atoms. The van der Waals surface area contributed by atoms with Gasteiger partial charge in [0.25, 0.3) is 11.8 Å². The van der Waals surface area contributed by atoms with E-state index in [2.05, 4.69) is 15.8 Å². The maximum absolute atomic E-state index is 13.4. The molecule has 0 saturated heterocycles. The van der Waals surface area contributed by atoms with E-state index >= 15 is 0 Å². The molecule has 1 fully saturated rings. The van der Waals surface area contributed by atoms with Gasteiger partial charge in [0.1, 0.15) is 17.1 Å². The summed E-state index contributed by atoms with van der Waals surface area (Å²) in [7, 11) is 0. The molecule has 2 amide bonds. The Morgan fingerprint density at radius 1 is 1.07 bits per heavy atom. The Kier molecular flexibility index (Phi) is 4.46. The Labute approximate surface area is 160 Å². The summed E-state index contributed by atoms with van der Waals surface area (Å²) in [5.74, 6) is -1.42. The van der Waals surface area contributed by atoms with Gasteiger partial charge in [-0.15, -0.1) is 0 Å². The molecule has 1 aliphatic heterocycles. The number of carbonyl (C=O) groups excluding carboxylic acids is 2. The predicted octanol–water partition coefficient (Wildman–Crippen LogP) is 3.30. The van der Waals surface area contributed by atoms with E-state index in [4.69, 9.17) is 10.6 Å². The normalized spacial score (nSPS) is 16.7. The molecule has 4 N–H and O–H groups in total. The predicted molar refractivity (Wildman–Crippen MR) is 104 cm³/mol. The van der Waals surface area contributed by atoms with Crippen LogP contribution in [0.2, 0.25) is 0 Å². The molecule has 2 aromatic carbocycles. The van der Waals surface area contributed by atoms with Gasteiger partial charge in [0, 0.05) is 29.0 Å². The van der Waals surface area contributed by atoms with Gasteiger partial charge in [-0.2, -0.15) is 0 Å². The number of halogens is 1. The van der Waals surface area contributed by atoms with Crippen LogP contribution >= 0.6 is 0 Å². The Balaban J connectivity index is 1.41. The quantitative estimate of drug-likeness (QED) is 0.706. The van der Waals surface area contributed by atoms with Crippen LogP contribution in [0.3, 0.4) is 0 Å². The maximum atomic E-state index is 13.4. The highest BCUT2D eigenvalue weighted by molar-refractivity contribution is 6.43. The Morgan fingerprint density at radius 3 is 2.39 bits per heavy atom. The first-order valence-corrected chi connectivity index (χ1v) is 8.96. The van der Waals surface area contributed by atoms with E-state index in [0.717, 1.165) is 31.4 Å². The molecule has 28 heavy (non-hydrogen) atoms. The third-order valence-corrected chi connectivity index (χ3v) is 4.93. The highest BCUT2D eigenvalue weighted by Gasteiger charge is 2.46. The molecule has 2 aliphatic rings. The van der Waals surface area contributed by atoms with Gasteiger partial charge in [-0.05, 0) is 55.7 Å². The fraction of sp³-hybridized carbons (Fsp3) is 0.250. The van der Waals surface area contributed by atoms with Crippen molar-refractivity contribution >= 4 is 34.6 Å². The highest BCUT2D eigenvalue weighted by Crippen LogP contribution is 2.42. The van der Waals surface area contributed by atoms with Crippen LogP contribution in [0.4, 0.5) is 21.5 Å². The van der Waals surface area contributed by atoms with Crippen LogP contribution in [0.5, 0.6) is 0 Å². The number of nitrogens with zero attached hydrogens (tertiary/aromatic N) is 1. The summed E-state index contributed by atoms with van der Waals surface area (Å²) < 4.78 is 13.4. The number of hydrogen-bond acceptors (Lipinski definition) is 5. The van der Waals surface area contributed by atoms with Crippen LogP contribution in [-0.4, -0.2) is 23.1 Å². The summed E-state index contributed by atoms with van der Waals surface area (Å²) >= 11 is 0. The van der Waals surface area contributed by atoms with Crippen molar-refractivity contribution in [3.63, 3.8) is 0 Å². The minimum absolute atomic E-state index is 0.107. The van der Waals surface area contributed by atoms with E-state index < -0.39 is 11.7 Å². The van der Waals surface area contributed by atoms with Crippen LogP contribution < -0.4 is 16.4 Å². The van der Waals surface area contributed by atoms with Crippen molar-refractivity contribution in [2.24, 2.45) is 5.16 Å². The molecule has 0 bridgehead atoms. The average molecular weight is 382 g/mol. The van der Waals surface area contributed by atoms with Crippen molar-refractivity contribution < 1.29 is 18.8 Å². The third-order valence-electron chi connectivity index (χ3n) is 4.93. The Hall–Kier alpha value is -3.42. The first-order valence-electron chi connectivity index (χ1n) is 8.96. The van der Waals surface area contributed by atoms with Crippen LogP contribution in [0.15, 0.2) is 47.6 Å². The molecule has 0 unspecified atom stereocenters. The van der Waals surface area contributed by atoms with Gasteiger partial charge in [-0.3, -0.25) is 9.59 Å². The lowest BCUT2D eigenvalue weighted by atomic mass is 9.77. The molecule has 2 aromatic rings. The van der Waals surface area contributed by atoms with Gasteiger partial charge < -0.3 is 21.2 Å². The van der Waals surface area contributed by atoms with Crippen molar-refractivity contribution in [2.75, 3.05) is 16.4 Å². The number of benzene rings is 2. The molecule has 1 saturated carbocycles. The van der Waals surface area contributed by atoms with Gasteiger partial charge in [0.2, 0.25) is 0 Å². The van der Waals surface area contributed by atoms with Gasteiger partial charge >= 0.3 is 0 Å². The molecule has 1 aliphatic carbocycles. The van der Waals surface area contributed by atoms with E-state index in [0.29, 0.717) is 23.5 Å². The Bertz CT molecular complexity index is 965. The van der Waals surface area contributed by atoms with E-state index in [1.54, 1.807) is 24.3 Å². The second-order valence-corrected chi connectivity index (χ2v) is 7.10. The lowest BCUT2D eigenvalue weighted by Crippen LogP contribution is -2.38. The monoisotopic (exact) mass is 382 g/mol. The number of nitrogens with one attached hydrogen (secondary N) is 2. The van der Waals surface area contributed by atoms with Crippen molar-refractivity contribution in [1.82, 2.24) is 0 Å². The van der Waals surface area contributed by atoms with E-state index in [9.17, 15) is 14.0 Å². The third kappa shape index (κ3) is 3.66. The first kappa shape index (κ1) is 18.0. The second-order valence-electron chi connectivity index (χ2n) is 7.10. The minimum Gasteiger partial charge on any atom is -0.399 e. The zero-order valence-electron chi connectivity index (χ0n) is 15.0. The smallest absolute Gasteiger partial charge is 0.273 e. The molecule has 144 valence electrons. The minimum atomic E-state index is -0.588. The largest absolute Gasteiger partial charge is 0.399 e. The number of rotatable bonds is 4. The number of nitrogen functional groups attached to an aromatic ring is 1. The number of amides is 2. The molecule has 0 radical (unpaired) electrons. The molecule has 0 aromatic heterocycles. The molecule has 8 heteroatoms. The lowest BCUT2D eigenvalue weighted by Gasteiger charge is -2.34. The number of anilines is 3. The fourth-order valence-corrected chi connectivity index (χ4v) is 3.31. The standard InChI is InChI=1S/C20H19FN4O3/c21-13-7-12(8-14(22)9-13)18(26)23-15-3-1-4-16(10-15)24-19(27)17-11-20(28-25-17)5-2-6-20/h1,3-4,7-10H,2,5-6,11,22H2,(H,23,26)(H,24,27). The topological polar surface area (TPSA) is 106 Å². The summed E-state index contributed by atoms with van der Waals surface area (Å²) in [6.45, 7) is 0. The lowest BCUT2D eigenvalue weighted by molar-refractivity contribution is -0.110. The molecular formula is C20H19FN4O3. The molecular weight excluding hydrogens is 363 g/mol. The summed E-state index contributed by atoms with van der Waals surface area (Å²) in [5.41, 5.74) is 6.87. The zero-order valence-corrected chi connectivity index (χ0v) is 15.0. The Morgan fingerprint density at radius 2 is 1.79 bits per heavy atom. The SMILES string of the molecule is Nc1cc(F)cc(C(=O)Nc2cccc(NC(=O)C3=NOC4(CCC4)C3)c2)c1. The van der Waals surface area contributed by atoms with Crippen LogP contribution in [-0.2, 0) is 9.63 Å². The fourth-order valence-electron chi connectivity index (χ4n) is 3.31. The van der Waals surface area contributed by atoms with Crippen molar-refractivity contribution in [3.8, 4) is 0 Å². The van der Waals surface area contributed by atoms with Crippen molar-refractivity contribution in [1.29, 1.82) is 0 Å².